The van der Waals surface area contributed by atoms with Gasteiger partial charge in [-0.3, -0.25) is 14.4 Å². The highest BCUT2D eigenvalue weighted by Crippen LogP contribution is 1.97. The van der Waals surface area contributed by atoms with Crippen LogP contribution < -0.4 is 10.6 Å². The quantitative estimate of drug-likeness (QED) is 0.559. The first kappa shape index (κ1) is 17.6. The number of nitrogens with one attached hydrogen (secondary N) is 2. The Morgan fingerprint density at radius 1 is 1.00 bits per heavy atom. The third-order valence-electron chi connectivity index (χ3n) is 2.43. The van der Waals surface area contributed by atoms with E-state index in [-0.39, 0.29) is 29.9 Å². The van der Waals surface area contributed by atoms with Crippen molar-refractivity contribution < 1.29 is 19.1 Å². The van der Waals surface area contributed by atoms with Crippen LogP contribution in [0.5, 0.6) is 0 Å². The molecular weight excluding hydrogens is 248 g/mol. The summed E-state index contributed by atoms with van der Waals surface area (Å²) in [5.41, 5.74) is 0. The summed E-state index contributed by atoms with van der Waals surface area (Å²) in [7, 11) is 0. The number of carbonyl (C=O) groups is 3. The number of Topliss-reactive ketones (excluding diaryl/α,β-unsaturated/α-hetero) is 1. The molecule has 0 spiro atoms. The highest BCUT2D eigenvalue weighted by Gasteiger charge is 2.07. The second-order valence-electron chi connectivity index (χ2n) is 4.57. The number of ketones is 1. The summed E-state index contributed by atoms with van der Waals surface area (Å²) in [6.45, 7) is 6.63. The van der Waals surface area contributed by atoms with Crippen molar-refractivity contribution in [2.75, 3.05) is 26.3 Å². The zero-order valence-corrected chi connectivity index (χ0v) is 12.0. The minimum absolute atomic E-state index is 0.00834. The summed E-state index contributed by atoms with van der Waals surface area (Å²) in [4.78, 5) is 33.2. The standard InChI is InChI=1S/C13H24N2O4/c1-10(2)12(17)4-6-15-13(18)5-8-19-9-7-14-11(3)16/h10H,4-9H2,1-3H3,(H,14,16)(H,15,18). The molecule has 0 aliphatic heterocycles. The number of rotatable bonds is 10. The Hall–Kier alpha value is -1.43. The van der Waals surface area contributed by atoms with Crippen LogP contribution in [-0.2, 0) is 19.1 Å². The van der Waals surface area contributed by atoms with Gasteiger partial charge in [0.1, 0.15) is 5.78 Å². The molecule has 2 amide bonds. The zero-order valence-electron chi connectivity index (χ0n) is 12.0. The Bertz CT molecular complexity index is 303. The molecule has 6 nitrogen and oxygen atoms in total. The Morgan fingerprint density at radius 2 is 1.68 bits per heavy atom. The van der Waals surface area contributed by atoms with Gasteiger partial charge in [-0.1, -0.05) is 13.8 Å². The van der Waals surface area contributed by atoms with E-state index in [1.807, 2.05) is 13.8 Å². The van der Waals surface area contributed by atoms with Gasteiger partial charge in [0.05, 0.1) is 13.2 Å². The molecule has 0 aromatic rings. The summed E-state index contributed by atoms with van der Waals surface area (Å²) < 4.78 is 5.18. The fourth-order valence-electron chi connectivity index (χ4n) is 1.27. The van der Waals surface area contributed by atoms with Crippen LogP contribution in [0.1, 0.15) is 33.6 Å². The minimum atomic E-state index is -0.129. The van der Waals surface area contributed by atoms with Gasteiger partial charge in [-0.15, -0.1) is 0 Å². The summed E-state index contributed by atoms with van der Waals surface area (Å²) >= 11 is 0. The SMILES string of the molecule is CC(=O)NCCOCCC(=O)NCCC(=O)C(C)C. The molecule has 0 radical (unpaired) electrons. The average Bonchev–Trinajstić information content (AvgIpc) is 2.32. The number of hydrogen-bond acceptors (Lipinski definition) is 4. The molecule has 0 saturated carbocycles. The van der Waals surface area contributed by atoms with Gasteiger partial charge in [-0.2, -0.15) is 0 Å². The normalized spacial score (nSPS) is 10.3. The van der Waals surface area contributed by atoms with E-state index in [0.29, 0.717) is 32.7 Å². The van der Waals surface area contributed by atoms with E-state index in [4.69, 9.17) is 4.74 Å². The van der Waals surface area contributed by atoms with Crippen molar-refractivity contribution in [1.29, 1.82) is 0 Å². The molecule has 0 unspecified atom stereocenters. The van der Waals surface area contributed by atoms with Gasteiger partial charge in [0.25, 0.3) is 0 Å². The minimum Gasteiger partial charge on any atom is -0.379 e. The van der Waals surface area contributed by atoms with Crippen molar-refractivity contribution in [3.63, 3.8) is 0 Å². The average molecular weight is 272 g/mol. The molecule has 110 valence electrons. The lowest BCUT2D eigenvalue weighted by Gasteiger charge is -2.07. The van der Waals surface area contributed by atoms with Crippen LogP contribution in [0.15, 0.2) is 0 Å². The van der Waals surface area contributed by atoms with Gasteiger partial charge in [-0.25, -0.2) is 0 Å². The Labute approximate surface area is 114 Å². The molecule has 0 aromatic heterocycles. The summed E-state index contributed by atoms with van der Waals surface area (Å²) in [6.07, 6.45) is 0.628. The van der Waals surface area contributed by atoms with Crippen molar-refractivity contribution in [3.8, 4) is 0 Å². The number of carbonyl (C=O) groups excluding carboxylic acids is 3. The van der Waals surface area contributed by atoms with E-state index >= 15 is 0 Å². The van der Waals surface area contributed by atoms with Crippen LogP contribution in [0.3, 0.4) is 0 Å². The predicted octanol–water partition coefficient (Wildman–Crippen LogP) is 0.261. The van der Waals surface area contributed by atoms with Crippen LogP contribution in [0.2, 0.25) is 0 Å². The Balaban J connectivity index is 3.40. The largest absolute Gasteiger partial charge is 0.379 e. The van der Waals surface area contributed by atoms with E-state index < -0.39 is 0 Å². The van der Waals surface area contributed by atoms with Crippen LogP contribution >= 0.6 is 0 Å². The number of hydrogen-bond donors (Lipinski definition) is 2. The van der Waals surface area contributed by atoms with Gasteiger partial charge in [0.15, 0.2) is 0 Å². The molecule has 0 saturated heterocycles. The van der Waals surface area contributed by atoms with E-state index in [1.54, 1.807) is 0 Å². The molecular formula is C13H24N2O4. The van der Waals surface area contributed by atoms with E-state index in [2.05, 4.69) is 10.6 Å². The van der Waals surface area contributed by atoms with E-state index in [0.717, 1.165) is 0 Å². The summed E-state index contributed by atoms with van der Waals surface area (Å²) in [5, 5.41) is 5.26. The van der Waals surface area contributed by atoms with E-state index in [1.165, 1.54) is 6.92 Å². The van der Waals surface area contributed by atoms with Gasteiger partial charge >= 0.3 is 0 Å². The molecule has 0 fully saturated rings. The van der Waals surface area contributed by atoms with Crippen LogP contribution in [0.4, 0.5) is 0 Å². The smallest absolute Gasteiger partial charge is 0.222 e. The van der Waals surface area contributed by atoms with Crippen molar-refractivity contribution in [3.05, 3.63) is 0 Å². The van der Waals surface area contributed by atoms with Gasteiger partial charge in [0.2, 0.25) is 11.8 Å². The first-order valence-electron chi connectivity index (χ1n) is 6.55. The Morgan fingerprint density at radius 3 is 2.26 bits per heavy atom. The highest BCUT2D eigenvalue weighted by molar-refractivity contribution is 5.81. The first-order valence-corrected chi connectivity index (χ1v) is 6.55. The van der Waals surface area contributed by atoms with E-state index in [9.17, 15) is 14.4 Å². The Kier molecular flexibility index (Phi) is 9.70. The first-order chi connectivity index (χ1) is 8.93. The predicted molar refractivity (Wildman–Crippen MR) is 71.6 cm³/mol. The fraction of sp³-hybridized carbons (Fsp3) is 0.769. The molecule has 0 aromatic carbocycles. The maximum Gasteiger partial charge on any atom is 0.222 e. The van der Waals surface area contributed by atoms with Gasteiger partial charge in [-0.05, 0) is 0 Å². The van der Waals surface area contributed by atoms with Crippen LogP contribution in [0.25, 0.3) is 0 Å². The molecule has 0 aliphatic carbocycles. The molecule has 19 heavy (non-hydrogen) atoms. The van der Waals surface area contributed by atoms with Crippen molar-refractivity contribution in [1.82, 2.24) is 10.6 Å². The molecule has 2 N–H and O–H groups in total. The summed E-state index contributed by atoms with van der Waals surface area (Å²) in [6, 6.07) is 0. The molecule has 6 heteroatoms. The molecule has 0 heterocycles. The van der Waals surface area contributed by atoms with Crippen molar-refractivity contribution >= 4 is 17.6 Å². The third-order valence-corrected chi connectivity index (χ3v) is 2.43. The number of amides is 2. The lowest BCUT2D eigenvalue weighted by Crippen LogP contribution is -2.28. The van der Waals surface area contributed by atoms with Gasteiger partial charge < -0.3 is 15.4 Å². The topological polar surface area (TPSA) is 84.5 Å². The molecule has 0 rings (SSSR count). The second kappa shape index (κ2) is 10.5. The number of ether oxygens (including phenoxy) is 1. The van der Waals surface area contributed by atoms with Crippen LogP contribution in [-0.4, -0.2) is 43.9 Å². The molecule has 0 bridgehead atoms. The lowest BCUT2D eigenvalue weighted by molar-refractivity contribution is -0.124. The second-order valence-corrected chi connectivity index (χ2v) is 4.57. The molecule has 0 aliphatic rings. The molecule has 0 atom stereocenters. The maximum absolute atomic E-state index is 11.4. The van der Waals surface area contributed by atoms with Gasteiger partial charge in [0, 0.05) is 38.8 Å². The lowest BCUT2D eigenvalue weighted by atomic mass is 10.1. The maximum atomic E-state index is 11.4. The highest BCUT2D eigenvalue weighted by atomic mass is 16.5. The summed E-state index contributed by atoms with van der Waals surface area (Å²) in [5.74, 6) is -0.0758. The van der Waals surface area contributed by atoms with Crippen molar-refractivity contribution in [2.45, 2.75) is 33.6 Å². The van der Waals surface area contributed by atoms with Crippen LogP contribution in [0, 0.1) is 5.92 Å². The third kappa shape index (κ3) is 11.4. The zero-order chi connectivity index (χ0) is 14.7. The fourth-order valence-corrected chi connectivity index (χ4v) is 1.27. The monoisotopic (exact) mass is 272 g/mol. The van der Waals surface area contributed by atoms with Crippen molar-refractivity contribution in [2.24, 2.45) is 5.92 Å².